The Balaban J connectivity index is 1.71. The van der Waals surface area contributed by atoms with E-state index in [1.165, 1.54) is 0 Å². The van der Waals surface area contributed by atoms with Crippen LogP contribution in [-0.2, 0) is 0 Å². The third-order valence-electron chi connectivity index (χ3n) is 3.53. The van der Waals surface area contributed by atoms with E-state index in [4.69, 9.17) is 4.42 Å². The van der Waals surface area contributed by atoms with E-state index in [9.17, 15) is 4.79 Å². The Kier molecular flexibility index (Phi) is 5.00. The number of urea groups is 1. The molecular weight excluding hydrogens is 306 g/mol. The lowest BCUT2D eigenvalue weighted by Gasteiger charge is -2.07. The van der Waals surface area contributed by atoms with Gasteiger partial charge in [0.15, 0.2) is 5.65 Å². The van der Waals surface area contributed by atoms with Crippen LogP contribution in [0.4, 0.5) is 10.6 Å². The summed E-state index contributed by atoms with van der Waals surface area (Å²) in [4.78, 5) is 25.0. The highest BCUT2D eigenvalue weighted by atomic mass is 16.3. The molecule has 24 heavy (non-hydrogen) atoms. The van der Waals surface area contributed by atoms with Crippen molar-refractivity contribution in [2.75, 3.05) is 11.9 Å². The molecule has 0 aliphatic rings. The Morgan fingerprint density at radius 3 is 2.92 bits per heavy atom. The Labute approximate surface area is 139 Å². The lowest BCUT2D eigenvalue weighted by atomic mass is 10.2. The van der Waals surface area contributed by atoms with Crippen LogP contribution in [0.3, 0.4) is 0 Å². The monoisotopic (exact) mass is 325 g/mol. The first-order chi connectivity index (χ1) is 11.8. The van der Waals surface area contributed by atoms with Crippen molar-refractivity contribution < 1.29 is 9.21 Å². The van der Waals surface area contributed by atoms with E-state index in [2.05, 4.69) is 32.5 Å². The van der Waals surface area contributed by atoms with Crippen molar-refractivity contribution in [3.63, 3.8) is 0 Å². The summed E-state index contributed by atoms with van der Waals surface area (Å²) in [7, 11) is 0. The Morgan fingerprint density at radius 2 is 2.12 bits per heavy atom. The quantitative estimate of drug-likeness (QED) is 0.675. The molecule has 124 valence electrons. The van der Waals surface area contributed by atoms with Crippen LogP contribution in [0.2, 0.25) is 0 Å². The minimum absolute atomic E-state index is 0.267. The molecule has 7 nitrogen and oxygen atoms in total. The number of hydrogen-bond acceptors (Lipinski definition) is 5. The van der Waals surface area contributed by atoms with E-state index in [-0.39, 0.29) is 6.03 Å². The number of hydrogen-bond donors (Lipinski definition) is 2. The van der Waals surface area contributed by atoms with Crippen molar-refractivity contribution in [3.8, 4) is 11.3 Å². The maximum atomic E-state index is 11.9. The van der Waals surface area contributed by atoms with Gasteiger partial charge in [-0.2, -0.15) is 0 Å². The maximum absolute atomic E-state index is 11.9. The minimum atomic E-state index is -0.267. The molecule has 0 bridgehead atoms. The maximum Gasteiger partial charge on any atom is 0.320 e. The number of unbranched alkanes of at least 4 members (excludes halogenated alkanes) is 2. The second-order valence-electron chi connectivity index (χ2n) is 5.39. The number of aromatic nitrogens is 3. The molecule has 0 fully saturated rings. The molecule has 2 N–H and O–H groups in total. The molecule has 3 rings (SSSR count). The van der Waals surface area contributed by atoms with Crippen LogP contribution in [0.5, 0.6) is 0 Å². The molecule has 0 saturated carbocycles. The largest absolute Gasteiger partial charge is 0.472 e. The van der Waals surface area contributed by atoms with E-state index < -0.39 is 0 Å². The predicted molar refractivity (Wildman–Crippen MR) is 91.6 cm³/mol. The van der Waals surface area contributed by atoms with Crippen LogP contribution in [-0.4, -0.2) is 27.5 Å². The Bertz CT molecular complexity index is 817. The molecule has 7 heteroatoms. The average molecular weight is 325 g/mol. The number of nitrogens with zero attached hydrogens (tertiary/aromatic N) is 3. The molecule has 0 saturated heterocycles. The number of pyridine rings is 1. The molecule has 3 aromatic rings. The van der Waals surface area contributed by atoms with Gasteiger partial charge in [0, 0.05) is 12.1 Å². The predicted octanol–water partition coefficient (Wildman–Crippen LogP) is 3.60. The summed E-state index contributed by atoms with van der Waals surface area (Å²) >= 11 is 0. The van der Waals surface area contributed by atoms with E-state index in [1.54, 1.807) is 30.9 Å². The molecule has 3 heterocycles. The van der Waals surface area contributed by atoms with Crippen molar-refractivity contribution >= 4 is 23.0 Å². The topological polar surface area (TPSA) is 92.9 Å². The molecule has 0 radical (unpaired) electrons. The van der Waals surface area contributed by atoms with Crippen molar-refractivity contribution in [2.45, 2.75) is 26.2 Å². The summed E-state index contributed by atoms with van der Waals surface area (Å²) in [5.41, 5.74) is 2.64. The second-order valence-corrected chi connectivity index (χ2v) is 5.39. The Hall–Kier alpha value is -2.96. The SMILES string of the molecule is CCCCCNC(=O)Nc1ccc2ncc(-c3ccoc3)nc2n1. The normalized spacial score (nSPS) is 10.7. The molecule has 0 spiro atoms. The number of amides is 2. The zero-order chi connectivity index (χ0) is 16.8. The fourth-order valence-electron chi connectivity index (χ4n) is 2.25. The van der Waals surface area contributed by atoms with E-state index in [0.717, 1.165) is 24.8 Å². The number of anilines is 1. The van der Waals surface area contributed by atoms with E-state index in [1.807, 2.05) is 6.07 Å². The lowest BCUT2D eigenvalue weighted by molar-refractivity contribution is 0.252. The van der Waals surface area contributed by atoms with Crippen LogP contribution in [0.25, 0.3) is 22.4 Å². The smallest absolute Gasteiger partial charge is 0.320 e. The van der Waals surface area contributed by atoms with Gasteiger partial charge in [0.2, 0.25) is 0 Å². The highest BCUT2D eigenvalue weighted by molar-refractivity contribution is 5.89. The number of fused-ring (bicyclic) bond motifs is 1. The summed E-state index contributed by atoms with van der Waals surface area (Å²) in [5.74, 6) is 0.439. The van der Waals surface area contributed by atoms with E-state index in [0.29, 0.717) is 29.2 Å². The van der Waals surface area contributed by atoms with Crippen LogP contribution in [0.1, 0.15) is 26.2 Å². The van der Waals surface area contributed by atoms with Crippen LogP contribution >= 0.6 is 0 Å². The first kappa shape index (κ1) is 15.9. The van der Waals surface area contributed by atoms with Crippen LogP contribution < -0.4 is 10.6 Å². The fourth-order valence-corrected chi connectivity index (χ4v) is 2.25. The van der Waals surface area contributed by atoms with Gasteiger partial charge in [-0.3, -0.25) is 10.3 Å². The highest BCUT2D eigenvalue weighted by Crippen LogP contribution is 2.19. The first-order valence-electron chi connectivity index (χ1n) is 7.97. The standard InChI is InChI=1S/C17H19N5O2/c1-2-3-4-8-18-17(23)22-15-6-5-13-16(21-15)20-14(10-19-13)12-7-9-24-11-12/h5-7,9-11H,2-4,8H2,1H3,(H2,18,20,21,22,23). The summed E-state index contributed by atoms with van der Waals surface area (Å²) in [6.45, 7) is 2.77. The number of nitrogens with one attached hydrogen (secondary N) is 2. The third-order valence-corrected chi connectivity index (χ3v) is 3.53. The summed E-state index contributed by atoms with van der Waals surface area (Å²) in [6, 6.07) is 5.03. The van der Waals surface area contributed by atoms with Crippen LogP contribution in [0, 0.1) is 0 Å². The van der Waals surface area contributed by atoms with Gasteiger partial charge in [0.25, 0.3) is 0 Å². The molecule has 0 aliphatic carbocycles. The molecule has 0 unspecified atom stereocenters. The van der Waals surface area contributed by atoms with Gasteiger partial charge in [-0.15, -0.1) is 0 Å². The van der Waals surface area contributed by atoms with Crippen LogP contribution in [0.15, 0.2) is 41.3 Å². The van der Waals surface area contributed by atoms with Gasteiger partial charge in [-0.1, -0.05) is 19.8 Å². The Morgan fingerprint density at radius 1 is 1.21 bits per heavy atom. The van der Waals surface area contributed by atoms with Gasteiger partial charge >= 0.3 is 6.03 Å². The fraction of sp³-hybridized carbons (Fsp3) is 0.294. The summed E-state index contributed by atoms with van der Waals surface area (Å²) in [5, 5.41) is 5.53. The zero-order valence-electron chi connectivity index (χ0n) is 13.5. The number of rotatable bonds is 6. The first-order valence-corrected chi connectivity index (χ1v) is 7.97. The second kappa shape index (κ2) is 7.54. The minimum Gasteiger partial charge on any atom is -0.472 e. The molecule has 2 amide bonds. The molecule has 0 aliphatic heterocycles. The van der Waals surface area contributed by atoms with Gasteiger partial charge in [-0.05, 0) is 24.6 Å². The summed E-state index contributed by atoms with van der Waals surface area (Å²) in [6.07, 6.45) is 8.03. The van der Waals surface area contributed by atoms with E-state index >= 15 is 0 Å². The van der Waals surface area contributed by atoms with Gasteiger partial charge < -0.3 is 9.73 Å². The van der Waals surface area contributed by atoms with Gasteiger partial charge in [0.05, 0.1) is 24.4 Å². The highest BCUT2D eigenvalue weighted by Gasteiger charge is 2.07. The van der Waals surface area contributed by atoms with Crippen molar-refractivity contribution in [2.24, 2.45) is 0 Å². The third kappa shape index (κ3) is 3.87. The molecule has 3 aromatic heterocycles. The molecule has 0 atom stereocenters. The molecule has 0 aromatic carbocycles. The van der Waals surface area contributed by atoms with Crippen molar-refractivity contribution in [3.05, 3.63) is 36.9 Å². The van der Waals surface area contributed by atoms with Crippen molar-refractivity contribution in [1.82, 2.24) is 20.3 Å². The number of carbonyl (C=O) groups excluding carboxylic acids is 1. The number of carbonyl (C=O) groups is 1. The summed E-state index contributed by atoms with van der Waals surface area (Å²) < 4.78 is 5.06. The molecular formula is C17H19N5O2. The average Bonchev–Trinajstić information content (AvgIpc) is 3.13. The zero-order valence-corrected chi connectivity index (χ0v) is 13.5. The number of furan rings is 1. The van der Waals surface area contributed by atoms with Gasteiger partial charge in [-0.25, -0.2) is 14.8 Å². The lowest BCUT2D eigenvalue weighted by Crippen LogP contribution is -2.29. The van der Waals surface area contributed by atoms with Crippen molar-refractivity contribution in [1.29, 1.82) is 0 Å². The van der Waals surface area contributed by atoms with Gasteiger partial charge in [0.1, 0.15) is 11.3 Å².